The summed E-state index contributed by atoms with van der Waals surface area (Å²) in [7, 11) is 0. The van der Waals surface area contributed by atoms with Crippen molar-refractivity contribution in [1.29, 1.82) is 0 Å². The van der Waals surface area contributed by atoms with E-state index in [1.54, 1.807) is 31.2 Å². The summed E-state index contributed by atoms with van der Waals surface area (Å²) in [6.07, 6.45) is 0. The largest absolute Gasteiger partial charge is 0.508 e. The molecule has 0 bridgehead atoms. The van der Waals surface area contributed by atoms with Crippen molar-refractivity contribution < 1.29 is 14.6 Å². The molecule has 0 spiro atoms. The molecule has 0 amide bonds. The topological polar surface area (TPSA) is 72.5 Å². The third-order valence-corrected chi connectivity index (χ3v) is 2.52. The average Bonchev–Trinajstić information content (AvgIpc) is 2.28. The van der Waals surface area contributed by atoms with Crippen LogP contribution in [0.25, 0.3) is 0 Å². The number of benzene rings is 1. The average molecular weight is 223 g/mol. The van der Waals surface area contributed by atoms with Crippen LogP contribution in [0.5, 0.6) is 5.75 Å². The van der Waals surface area contributed by atoms with Gasteiger partial charge in [-0.25, -0.2) is 0 Å². The number of phenolic OH excluding ortho intramolecular Hbond substituents is 1. The van der Waals surface area contributed by atoms with Crippen molar-refractivity contribution in [2.75, 3.05) is 6.61 Å². The number of phenols is 1. The lowest BCUT2D eigenvalue weighted by Gasteiger charge is -2.18. The van der Waals surface area contributed by atoms with Crippen molar-refractivity contribution in [1.82, 2.24) is 0 Å². The van der Waals surface area contributed by atoms with E-state index in [1.807, 2.05) is 6.92 Å². The smallest absolute Gasteiger partial charge is 0.323 e. The number of carbonyl (C=O) groups excluding carboxylic acids is 1. The molecule has 0 saturated heterocycles. The molecule has 0 radical (unpaired) electrons. The summed E-state index contributed by atoms with van der Waals surface area (Å²) in [5.74, 6) is -0.344. The van der Waals surface area contributed by atoms with E-state index < -0.39 is 12.0 Å². The third kappa shape index (κ3) is 2.97. The van der Waals surface area contributed by atoms with Gasteiger partial charge in [-0.3, -0.25) is 4.79 Å². The van der Waals surface area contributed by atoms with Gasteiger partial charge < -0.3 is 15.6 Å². The maximum absolute atomic E-state index is 11.4. The van der Waals surface area contributed by atoms with E-state index in [9.17, 15) is 4.79 Å². The van der Waals surface area contributed by atoms with Gasteiger partial charge in [0, 0.05) is 5.92 Å². The number of esters is 1. The number of hydrogen-bond donors (Lipinski definition) is 2. The zero-order valence-corrected chi connectivity index (χ0v) is 9.51. The van der Waals surface area contributed by atoms with Gasteiger partial charge in [-0.15, -0.1) is 0 Å². The predicted molar refractivity (Wildman–Crippen MR) is 61.1 cm³/mol. The van der Waals surface area contributed by atoms with Crippen LogP contribution in [-0.4, -0.2) is 23.7 Å². The summed E-state index contributed by atoms with van der Waals surface area (Å²) >= 11 is 0. The Bertz CT molecular complexity index is 348. The van der Waals surface area contributed by atoms with Crippen LogP contribution < -0.4 is 5.73 Å². The number of aromatic hydroxyl groups is 1. The second-order valence-electron chi connectivity index (χ2n) is 3.66. The summed E-state index contributed by atoms with van der Waals surface area (Å²) in [4.78, 5) is 11.4. The van der Waals surface area contributed by atoms with Crippen LogP contribution >= 0.6 is 0 Å². The van der Waals surface area contributed by atoms with Gasteiger partial charge in [0.25, 0.3) is 0 Å². The lowest BCUT2D eigenvalue weighted by Crippen LogP contribution is -2.37. The second-order valence-corrected chi connectivity index (χ2v) is 3.66. The Labute approximate surface area is 95.0 Å². The van der Waals surface area contributed by atoms with E-state index in [-0.39, 0.29) is 11.7 Å². The van der Waals surface area contributed by atoms with Crippen LogP contribution in [0.15, 0.2) is 24.3 Å². The van der Waals surface area contributed by atoms with E-state index in [4.69, 9.17) is 15.6 Å². The first-order chi connectivity index (χ1) is 7.56. The SMILES string of the molecule is CCOC(=O)[C@H](N)[C@@H](C)c1ccc(O)cc1. The van der Waals surface area contributed by atoms with Gasteiger partial charge in [0.05, 0.1) is 6.61 Å². The molecule has 0 unspecified atom stereocenters. The minimum absolute atomic E-state index is 0.139. The van der Waals surface area contributed by atoms with Crippen molar-refractivity contribution in [3.05, 3.63) is 29.8 Å². The van der Waals surface area contributed by atoms with E-state index in [0.717, 1.165) is 5.56 Å². The number of nitrogens with two attached hydrogens (primary N) is 1. The van der Waals surface area contributed by atoms with Crippen molar-refractivity contribution >= 4 is 5.97 Å². The molecule has 1 aromatic carbocycles. The lowest BCUT2D eigenvalue weighted by molar-refractivity contribution is -0.145. The highest BCUT2D eigenvalue weighted by molar-refractivity contribution is 5.76. The Balaban J connectivity index is 2.73. The highest BCUT2D eigenvalue weighted by Crippen LogP contribution is 2.21. The van der Waals surface area contributed by atoms with Gasteiger partial charge in [0.1, 0.15) is 11.8 Å². The fraction of sp³-hybridized carbons (Fsp3) is 0.417. The van der Waals surface area contributed by atoms with Crippen LogP contribution in [0.1, 0.15) is 25.3 Å². The Hall–Kier alpha value is -1.55. The van der Waals surface area contributed by atoms with Crippen LogP contribution in [0, 0.1) is 0 Å². The van der Waals surface area contributed by atoms with Gasteiger partial charge in [-0.2, -0.15) is 0 Å². The van der Waals surface area contributed by atoms with Gasteiger partial charge in [-0.05, 0) is 24.6 Å². The summed E-state index contributed by atoms with van der Waals surface area (Å²) in [6.45, 7) is 3.93. The van der Waals surface area contributed by atoms with Crippen molar-refractivity contribution in [3.63, 3.8) is 0 Å². The van der Waals surface area contributed by atoms with Crippen LogP contribution in [0.3, 0.4) is 0 Å². The third-order valence-electron chi connectivity index (χ3n) is 2.52. The number of hydrogen-bond acceptors (Lipinski definition) is 4. The molecule has 2 atom stereocenters. The highest BCUT2D eigenvalue weighted by Gasteiger charge is 2.23. The van der Waals surface area contributed by atoms with Crippen molar-refractivity contribution in [2.24, 2.45) is 5.73 Å². The number of ether oxygens (including phenoxy) is 1. The maximum atomic E-state index is 11.4. The van der Waals surface area contributed by atoms with E-state index >= 15 is 0 Å². The Morgan fingerprint density at radius 1 is 1.44 bits per heavy atom. The maximum Gasteiger partial charge on any atom is 0.323 e. The zero-order valence-electron chi connectivity index (χ0n) is 9.51. The summed E-state index contributed by atoms with van der Waals surface area (Å²) < 4.78 is 4.86. The fourth-order valence-electron chi connectivity index (χ4n) is 1.43. The zero-order chi connectivity index (χ0) is 12.1. The normalized spacial score (nSPS) is 14.2. The molecule has 0 aliphatic carbocycles. The minimum atomic E-state index is -0.676. The molecular formula is C12H17NO3. The summed E-state index contributed by atoms with van der Waals surface area (Å²) in [6, 6.07) is 5.97. The molecule has 1 rings (SSSR count). The molecule has 0 aromatic heterocycles. The minimum Gasteiger partial charge on any atom is -0.508 e. The highest BCUT2D eigenvalue weighted by atomic mass is 16.5. The van der Waals surface area contributed by atoms with Crippen LogP contribution in [0.4, 0.5) is 0 Å². The summed E-state index contributed by atoms with van der Waals surface area (Å²) in [5, 5.41) is 9.15. The monoisotopic (exact) mass is 223 g/mol. The standard InChI is InChI=1S/C12H17NO3/c1-3-16-12(15)11(13)8(2)9-4-6-10(14)7-5-9/h4-8,11,14H,3,13H2,1-2H3/t8-,11+/m0/s1. The number of rotatable bonds is 4. The van der Waals surface area contributed by atoms with Crippen LogP contribution in [-0.2, 0) is 9.53 Å². The molecule has 0 aliphatic heterocycles. The first-order valence-corrected chi connectivity index (χ1v) is 5.27. The fourth-order valence-corrected chi connectivity index (χ4v) is 1.43. The molecule has 1 aromatic rings. The molecule has 16 heavy (non-hydrogen) atoms. The van der Waals surface area contributed by atoms with Crippen molar-refractivity contribution in [2.45, 2.75) is 25.8 Å². The van der Waals surface area contributed by atoms with E-state index in [2.05, 4.69) is 0 Å². The van der Waals surface area contributed by atoms with E-state index in [0.29, 0.717) is 6.61 Å². The second kappa shape index (κ2) is 5.51. The first kappa shape index (κ1) is 12.5. The molecule has 0 fully saturated rings. The van der Waals surface area contributed by atoms with Gasteiger partial charge in [-0.1, -0.05) is 19.1 Å². The van der Waals surface area contributed by atoms with Crippen LogP contribution in [0.2, 0.25) is 0 Å². The molecule has 0 heterocycles. The quantitative estimate of drug-likeness (QED) is 0.756. The van der Waals surface area contributed by atoms with Gasteiger partial charge in [0.2, 0.25) is 0 Å². The molecule has 3 N–H and O–H groups in total. The molecule has 88 valence electrons. The Kier molecular flexibility index (Phi) is 4.31. The Morgan fingerprint density at radius 2 is 2.00 bits per heavy atom. The predicted octanol–water partition coefficient (Wildman–Crippen LogP) is 1.39. The summed E-state index contributed by atoms with van der Waals surface area (Å²) in [5.41, 5.74) is 6.68. The van der Waals surface area contributed by atoms with E-state index in [1.165, 1.54) is 0 Å². The lowest BCUT2D eigenvalue weighted by atomic mass is 9.94. The van der Waals surface area contributed by atoms with Gasteiger partial charge >= 0.3 is 5.97 Å². The molecule has 0 saturated carbocycles. The number of carbonyl (C=O) groups is 1. The van der Waals surface area contributed by atoms with Crippen molar-refractivity contribution in [3.8, 4) is 5.75 Å². The van der Waals surface area contributed by atoms with Gasteiger partial charge in [0.15, 0.2) is 0 Å². The molecule has 4 heteroatoms. The molecule has 4 nitrogen and oxygen atoms in total. The Morgan fingerprint density at radius 3 is 2.50 bits per heavy atom. The molecule has 0 aliphatic rings. The first-order valence-electron chi connectivity index (χ1n) is 5.27. The molecular weight excluding hydrogens is 206 g/mol.